The van der Waals surface area contributed by atoms with Gasteiger partial charge in [-0.1, -0.05) is 38.3 Å². The normalized spacial score (nSPS) is 10.9. The molecule has 0 aliphatic rings. The molecule has 0 saturated carbocycles. The van der Waals surface area contributed by atoms with Gasteiger partial charge in [0.1, 0.15) is 23.9 Å². The van der Waals surface area contributed by atoms with Crippen LogP contribution in [0.25, 0.3) is 22.4 Å². The van der Waals surface area contributed by atoms with Gasteiger partial charge in [-0.2, -0.15) is 0 Å². The molecule has 0 radical (unpaired) electrons. The van der Waals surface area contributed by atoms with Crippen LogP contribution in [0.5, 0.6) is 11.5 Å². The third-order valence-corrected chi connectivity index (χ3v) is 4.63. The first-order chi connectivity index (χ1) is 13.6. The number of carbonyl (C=O) groups is 1. The Labute approximate surface area is 164 Å². The van der Waals surface area contributed by atoms with Crippen LogP contribution in [0.4, 0.5) is 0 Å². The molecule has 0 fully saturated rings. The van der Waals surface area contributed by atoms with Crippen molar-refractivity contribution in [2.24, 2.45) is 0 Å². The van der Waals surface area contributed by atoms with E-state index < -0.39 is 5.97 Å². The van der Waals surface area contributed by atoms with Crippen molar-refractivity contribution in [2.75, 3.05) is 13.7 Å². The van der Waals surface area contributed by atoms with Gasteiger partial charge in [-0.05, 0) is 30.7 Å². The highest BCUT2D eigenvalue weighted by Crippen LogP contribution is 2.35. The number of hydrogen-bond donors (Lipinski definition) is 1. The van der Waals surface area contributed by atoms with Crippen LogP contribution in [0.15, 0.2) is 42.5 Å². The summed E-state index contributed by atoms with van der Waals surface area (Å²) in [6, 6.07) is 13.1. The maximum absolute atomic E-state index is 11.5. The number of fused-ring (bicyclic) bond motifs is 1. The summed E-state index contributed by atoms with van der Waals surface area (Å²) in [6.07, 6.45) is 4.44. The molecule has 0 unspecified atom stereocenters. The van der Waals surface area contributed by atoms with Crippen LogP contribution >= 0.6 is 0 Å². The van der Waals surface area contributed by atoms with E-state index in [1.165, 1.54) is 12.8 Å². The van der Waals surface area contributed by atoms with Crippen LogP contribution in [0.1, 0.15) is 32.6 Å². The number of benzene rings is 2. The van der Waals surface area contributed by atoms with Gasteiger partial charge in [0.2, 0.25) is 0 Å². The molecule has 0 atom stereocenters. The summed E-state index contributed by atoms with van der Waals surface area (Å²) in [4.78, 5) is 16.1. The monoisotopic (exact) mass is 382 g/mol. The standard InChI is InChI=1S/C22H26N2O4/c1-3-4-5-8-13-28-20-14-16(27-2)11-12-17(20)22-23-18-9-6-7-10-19(18)24(22)15-21(25)26/h6-7,9-12,14H,3-5,8,13,15H2,1-2H3,(H,25,26). The van der Waals surface area contributed by atoms with Crippen LogP contribution in [0.3, 0.4) is 0 Å². The highest BCUT2D eigenvalue weighted by Gasteiger charge is 2.18. The molecule has 0 bridgehead atoms. The van der Waals surface area contributed by atoms with Crippen molar-refractivity contribution in [3.05, 3.63) is 42.5 Å². The number of ether oxygens (including phenoxy) is 2. The van der Waals surface area contributed by atoms with Crippen molar-refractivity contribution in [3.8, 4) is 22.9 Å². The second-order valence-corrected chi connectivity index (χ2v) is 6.68. The predicted molar refractivity (Wildman–Crippen MR) is 109 cm³/mol. The summed E-state index contributed by atoms with van der Waals surface area (Å²) in [7, 11) is 1.61. The van der Waals surface area contributed by atoms with Crippen molar-refractivity contribution >= 4 is 17.0 Å². The number of methoxy groups -OCH3 is 1. The molecule has 0 amide bonds. The second kappa shape index (κ2) is 9.26. The molecule has 6 nitrogen and oxygen atoms in total. The van der Waals surface area contributed by atoms with Gasteiger partial charge in [0.05, 0.1) is 30.3 Å². The Bertz CT molecular complexity index is 949. The van der Waals surface area contributed by atoms with Crippen molar-refractivity contribution in [1.29, 1.82) is 0 Å². The molecule has 3 rings (SSSR count). The molecule has 28 heavy (non-hydrogen) atoms. The highest BCUT2D eigenvalue weighted by atomic mass is 16.5. The minimum Gasteiger partial charge on any atom is -0.497 e. The highest BCUT2D eigenvalue weighted by molar-refractivity contribution is 5.84. The minimum atomic E-state index is -0.917. The van der Waals surface area contributed by atoms with Gasteiger partial charge < -0.3 is 19.1 Å². The lowest BCUT2D eigenvalue weighted by Crippen LogP contribution is -2.10. The van der Waals surface area contributed by atoms with Crippen LogP contribution in [0, 0.1) is 0 Å². The fraction of sp³-hybridized carbons (Fsp3) is 0.364. The number of carboxylic acid groups (broad SMARTS) is 1. The van der Waals surface area contributed by atoms with E-state index >= 15 is 0 Å². The molecule has 1 N–H and O–H groups in total. The van der Waals surface area contributed by atoms with Crippen LogP contribution in [-0.2, 0) is 11.3 Å². The Morgan fingerprint density at radius 1 is 1.14 bits per heavy atom. The maximum Gasteiger partial charge on any atom is 0.323 e. The molecular formula is C22H26N2O4. The van der Waals surface area contributed by atoms with E-state index in [4.69, 9.17) is 9.47 Å². The first kappa shape index (κ1) is 19.7. The average molecular weight is 382 g/mol. The number of para-hydroxylation sites is 2. The first-order valence-corrected chi connectivity index (χ1v) is 9.62. The van der Waals surface area contributed by atoms with Gasteiger partial charge in [-0.15, -0.1) is 0 Å². The number of imidazole rings is 1. The smallest absolute Gasteiger partial charge is 0.323 e. The van der Waals surface area contributed by atoms with Gasteiger partial charge in [0.15, 0.2) is 0 Å². The summed E-state index contributed by atoms with van der Waals surface area (Å²) in [6.45, 7) is 2.60. The van der Waals surface area contributed by atoms with Gasteiger partial charge in [0.25, 0.3) is 0 Å². The number of carboxylic acids is 1. The molecule has 3 aromatic rings. The van der Waals surface area contributed by atoms with E-state index in [2.05, 4.69) is 11.9 Å². The van der Waals surface area contributed by atoms with Crippen LogP contribution in [-0.4, -0.2) is 34.3 Å². The average Bonchev–Trinajstić information content (AvgIpc) is 3.05. The Morgan fingerprint density at radius 3 is 2.71 bits per heavy atom. The first-order valence-electron chi connectivity index (χ1n) is 9.62. The van der Waals surface area contributed by atoms with Gasteiger partial charge in [0, 0.05) is 6.07 Å². The quantitative estimate of drug-likeness (QED) is 0.512. The summed E-state index contributed by atoms with van der Waals surface area (Å²) >= 11 is 0. The largest absolute Gasteiger partial charge is 0.497 e. The molecule has 1 aromatic heterocycles. The number of rotatable bonds is 10. The van der Waals surface area contributed by atoms with Crippen molar-refractivity contribution in [1.82, 2.24) is 9.55 Å². The van der Waals surface area contributed by atoms with E-state index in [1.807, 2.05) is 42.5 Å². The Morgan fingerprint density at radius 2 is 1.96 bits per heavy atom. The van der Waals surface area contributed by atoms with E-state index in [0.717, 1.165) is 29.4 Å². The van der Waals surface area contributed by atoms with Crippen LogP contribution in [0.2, 0.25) is 0 Å². The summed E-state index contributed by atoms with van der Waals surface area (Å²) in [5.41, 5.74) is 2.29. The number of unbranched alkanes of at least 4 members (excludes halogenated alkanes) is 3. The van der Waals surface area contributed by atoms with E-state index in [9.17, 15) is 9.90 Å². The van der Waals surface area contributed by atoms with Gasteiger partial charge in [-0.3, -0.25) is 4.79 Å². The third kappa shape index (κ3) is 4.44. The fourth-order valence-electron chi connectivity index (χ4n) is 3.22. The molecular weight excluding hydrogens is 356 g/mol. The van der Waals surface area contributed by atoms with E-state index in [0.29, 0.717) is 23.9 Å². The zero-order chi connectivity index (χ0) is 19.9. The Hall–Kier alpha value is -3.02. The predicted octanol–water partition coefficient (Wildman–Crippen LogP) is 4.76. The lowest BCUT2D eigenvalue weighted by Gasteiger charge is -2.14. The number of hydrogen-bond acceptors (Lipinski definition) is 4. The van der Waals surface area contributed by atoms with Gasteiger partial charge >= 0.3 is 5.97 Å². The second-order valence-electron chi connectivity index (χ2n) is 6.68. The van der Waals surface area contributed by atoms with Gasteiger partial charge in [-0.25, -0.2) is 4.98 Å². The topological polar surface area (TPSA) is 73.6 Å². The minimum absolute atomic E-state index is 0.169. The zero-order valence-electron chi connectivity index (χ0n) is 16.4. The lowest BCUT2D eigenvalue weighted by molar-refractivity contribution is -0.137. The zero-order valence-corrected chi connectivity index (χ0v) is 16.4. The molecule has 2 aromatic carbocycles. The number of aliphatic carboxylic acids is 1. The third-order valence-electron chi connectivity index (χ3n) is 4.63. The van der Waals surface area contributed by atoms with Crippen molar-refractivity contribution in [3.63, 3.8) is 0 Å². The fourth-order valence-corrected chi connectivity index (χ4v) is 3.22. The summed E-state index contributed by atoms with van der Waals surface area (Å²) in [5, 5.41) is 9.39. The molecule has 0 aliphatic carbocycles. The lowest BCUT2D eigenvalue weighted by atomic mass is 10.1. The summed E-state index contributed by atoms with van der Waals surface area (Å²) < 4.78 is 13.1. The van der Waals surface area contributed by atoms with Crippen molar-refractivity contribution in [2.45, 2.75) is 39.2 Å². The number of aromatic nitrogens is 2. The van der Waals surface area contributed by atoms with Crippen LogP contribution < -0.4 is 9.47 Å². The maximum atomic E-state index is 11.5. The van der Waals surface area contributed by atoms with Crippen molar-refractivity contribution < 1.29 is 19.4 Å². The molecule has 0 spiro atoms. The molecule has 0 aliphatic heterocycles. The number of nitrogens with zero attached hydrogens (tertiary/aromatic N) is 2. The SMILES string of the molecule is CCCCCCOc1cc(OC)ccc1-c1nc2ccccc2n1CC(=O)O. The van der Waals surface area contributed by atoms with E-state index in [1.54, 1.807) is 11.7 Å². The molecule has 0 saturated heterocycles. The molecule has 1 heterocycles. The Balaban J connectivity index is 2.01. The van der Waals surface area contributed by atoms with E-state index in [-0.39, 0.29) is 6.54 Å². The Kier molecular flexibility index (Phi) is 6.53. The summed E-state index contributed by atoms with van der Waals surface area (Å²) in [5.74, 6) is 1.00. The molecule has 148 valence electrons. The molecule has 6 heteroatoms.